The maximum atomic E-state index is 13.8. The Morgan fingerprint density at radius 2 is 1.73 bits per heavy atom. The first-order valence-electron chi connectivity index (χ1n) is 8.19. The third-order valence-electron chi connectivity index (χ3n) is 3.80. The van der Waals surface area contributed by atoms with Crippen molar-refractivity contribution < 1.29 is 9.13 Å². The minimum atomic E-state index is -0.433. The van der Waals surface area contributed by atoms with Gasteiger partial charge in [-0.15, -0.1) is 0 Å². The third kappa shape index (κ3) is 4.82. The zero-order valence-electron chi connectivity index (χ0n) is 14.1. The summed E-state index contributed by atoms with van der Waals surface area (Å²) in [6, 6.07) is 23.7. The van der Waals surface area contributed by atoms with E-state index in [9.17, 15) is 4.39 Å². The lowest BCUT2D eigenvalue weighted by atomic mass is 10.1. The van der Waals surface area contributed by atoms with Gasteiger partial charge in [0.05, 0.1) is 11.6 Å². The highest BCUT2D eigenvalue weighted by Gasteiger charge is 2.05. The van der Waals surface area contributed by atoms with Crippen LogP contribution in [0.25, 0.3) is 0 Å². The van der Waals surface area contributed by atoms with Crippen LogP contribution in [0.15, 0.2) is 72.8 Å². The molecule has 0 saturated carbocycles. The highest BCUT2D eigenvalue weighted by molar-refractivity contribution is 5.41. The van der Waals surface area contributed by atoms with E-state index in [2.05, 4.69) is 10.9 Å². The molecule has 4 nitrogen and oxygen atoms in total. The van der Waals surface area contributed by atoms with Crippen molar-refractivity contribution in [3.05, 3.63) is 95.3 Å². The number of rotatable bonds is 7. The van der Waals surface area contributed by atoms with Crippen LogP contribution in [-0.2, 0) is 13.2 Å². The quantitative estimate of drug-likeness (QED) is 0.622. The maximum absolute atomic E-state index is 13.8. The topological polar surface area (TPSA) is 57.1 Å². The summed E-state index contributed by atoms with van der Waals surface area (Å²) in [6.45, 7) is 0.768. The van der Waals surface area contributed by atoms with Gasteiger partial charge in [0.25, 0.3) is 0 Å². The third-order valence-corrected chi connectivity index (χ3v) is 3.80. The molecule has 5 heteroatoms. The molecule has 0 fully saturated rings. The summed E-state index contributed by atoms with van der Waals surface area (Å²) >= 11 is 0. The van der Waals surface area contributed by atoms with Crippen LogP contribution in [0.1, 0.15) is 16.7 Å². The van der Waals surface area contributed by atoms with Crippen LogP contribution in [0.2, 0.25) is 0 Å². The van der Waals surface area contributed by atoms with E-state index < -0.39 is 5.82 Å². The van der Waals surface area contributed by atoms with Gasteiger partial charge in [-0.25, -0.2) is 9.82 Å². The number of hydrogen-bond donors (Lipinski definition) is 2. The van der Waals surface area contributed by atoms with E-state index in [0.717, 1.165) is 11.3 Å². The molecule has 26 heavy (non-hydrogen) atoms. The zero-order chi connectivity index (χ0) is 18.2. The number of nitriles is 1. The second-order valence-corrected chi connectivity index (χ2v) is 5.70. The van der Waals surface area contributed by atoms with Gasteiger partial charge in [-0.2, -0.15) is 5.26 Å². The van der Waals surface area contributed by atoms with Crippen molar-refractivity contribution in [1.82, 2.24) is 5.43 Å². The molecule has 0 aliphatic rings. The van der Waals surface area contributed by atoms with E-state index in [1.54, 1.807) is 12.1 Å². The molecule has 0 heterocycles. The van der Waals surface area contributed by atoms with Crippen molar-refractivity contribution in [2.75, 3.05) is 5.43 Å². The van der Waals surface area contributed by atoms with Crippen LogP contribution < -0.4 is 15.6 Å². The summed E-state index contributed by atoms with van der Waals surface area (Å²) in [5.41, 5.74) is 9.07. The molecule has 0 atom stereocenters. The van der Waals surface area contributed by atoms with Crippen molar-refractivity contribution >= 4 is 5.69 Å². The molecule has 0 radical (unpaired) electrons. The lowest BCUT2D eigenvalue weighted by Gasteiger charge is -2.10. The first-order valence-corrected chi connectivity index (χ1v) is 8.19. The Morgan fingerprint density at radius 1 is 0.962 bits per heavy atom. The number of anilines is 1. The molecule has 0 aliphatic heterocycles. The molecule has 0 bridgehead atoms. The van der Waals surface area contributed by atoms with Gasteiger partial charge in [-0.1, -0.05) is 36.4 Å². The Balaban J connectivity index is 1.49. The van der Waals surface area contributed by atoms with Gasteiger partial charge in [0.1, 0.15) is 18.2 Å². The van der Waals surface area contributed by atoms with Crippen molar-refractivity contribution in [2.45, 2.75) is 13.2 Å². The summed E-state index contributed by atoms with van der Waals surface area (Å²) in [5, 5.41) is 8.76. The molecular formula is C21H18FN3O. The molecule has 0 amide bonds. The van der Waals surface area contributed by atoms with Gasteiger partial charge >= 0.3 is 0 Å². The van der Waals surface area contributed by atoms with E-state index in [-0.39, 0.29) is 6.61 Å². The number of nitrogens with one attached hydrogen (secondary N) is 2. The van der Waals surface area contributed by atoms with Gasteiger partial charge in [0.15, 0.2) is 0 Å². The second kappa shape index (κ2) is 8.65. The fourth-order valence-electron chi connectivity index (χ4n) is 2.37. The number of hydrazine groups is 1. The summed E-state index contributed by atoms with van der Waals surface area (Å²) in [6.07, 6.45) is 0. The summed E-state index contributed by atoms with van der Waals surface area (Å²) in [4.78, 5) is 0. The lowest BCUT2D eigenvalue weighted by molar-refractivity contribution is 0.299. The molecule has 3 rings (SSSR count). The monoisotopic (exact) mass is 347 g/mol. The molecule has 0 aromatic heterocycles. The van der Waals surface area contributed by atoms with Gasteiger partial charge < -0.3 is 10.2 Å². The smallest absolute Gasteiger partial charge is 0.131 e. The lowest BCUT2D eigenvalue weighted by Crippen LogP contribution is -2.20. The summed E-state index contributed by atoms with van der Waals surface area (Å²) in [5.74, 6) is 0.227. The normalized spacial score (nSPS) is 10.2. The maximum Gasteiger partial charge on any atom is 0.131 e. The zero-order valence-corrected chi connectivity index (χ0v) is 14.1. The van der Waals surface area contributed by atoms with Crippen LogP contribution in [0, 0.1) is 17.1 Å². The fraction of sp³-hybridized carbons (Fsp3) is 0.0952. The Kier molecular flexibility index (Phi) is 5.81. The van der Waals surface area contributed by atoms with Crippen LogP contribution in [0.3, 0.4) is 0 Å². The van der Waals surface area contributed by atoms with Gasteiger partial charge in [0, 0.05) is 17.8 Å². The number of ether oxygens (including phenoxy) is 1. The molecule has 0 unspecified atom stereocenters. The molecule has 0 spiro atoms. The second-order valence-electron chi connectivity index (χ2n) is 5.70. The number of halogens is 1. The predicted octanol–water partition coefficient (Wildman–Crippen LogP) is 4.39. The standard InChI is InChI=1S/C21H18FN3O/c22-21-12-17(13-23)6-9-18(21)15-26-20-10-7-16(8-11-20)14-24-25-19-4-2-1-3-5-19/h1-12,24-25H,14-15H2. The van der Waals surface area contributed by atoms with Crippen LogP contribution in [0.4, 0.5) is 10.1 Å². The Labute approximate surface area is 151 Å². The Bertz CT molecular complexity index is 889. The van der Waals surface area contributed by atoms with E-state index in [1.165, 1.54) is 6.07 Å². The fourth-order valence-corrected chi connectivity index (χ4v) is 2.37. The average Bonchev–Trinajstić information content (AvgIpc) is 2.69. The van der Waals surface area contributed by atoms with Crippen LogP contribution >= 0.6 is 0 Å². The van der Waals surface area contributed by atoms with Gasteiger partial charge in [0.2, 0.25) is 0 Å². The Morgan fingerprint density at radius 3 is 2.42 bits per heavy atom. The van der Waals surface area contributed by atoms with E-state index in [4.69, 9.17) is 10.00 Å². The van der Waals surface area contributed by atoms with Gasteiger partial charge in [-0.3, -0.25) is 0 Å². The number of para-hydroxylation sites is 1. The minimum absolute atomic E-state index is 0.116. The van der Waals surface area contributed by atoms with E-state index in [0.29, 0.717) is 23.4 Å². The summed E-state index contributed by atoms with van der Waals surface area (Å²) < 4.78 is 19.5. The first kappa shape index (κ1) is 17.5. The largest absolute Gasteiger partial charge is 0.489 e. The highest BCUT2D eigenvalue weighted by Crippen LogP contribution is 2.16. The molecule has 3 aromatic rings. The summed E-state index contributed by atoms with van der Waals surface area (Å²) in [7, 11) is 0. The molecule has 0 saturated heterocycles. The number of nitrogens with zero attached hydrogens (tertiary/aromatic N) is 1. The van der Waals surface area contributed by atoms with Crippen molar-refractivity contribution in [3.63, 3.8) is 0 Å². The number of hydrogen-bond acceptors (Lipinski definition) is 4. The minimum Gasteiger partial charge on any atom is -0.489 e. The molecular weight excluding hydrogens is 329 g/mol. The molecule has 0 aliphatic carbocycles. The first-order chi connectivity index (χ1) is 12.7. The van der Waals surface area contributed by atoms with Gasteiger partial charge in [-0.05, 0) is 42.0 Å². The van der Waals surface area contributed by atoms with Crippen molar-refractivity contribution in [2.24, 2.45) is 0 Å². The Hall–Kier alpha value is -3.36. The van der Waals surface area contributed by atoms with Crippen LogP contribution in [-0.4, -0.2) is 0 Å². The SMILES string of the molecule is N#Cc1ccc(COc2ccc(CNNc3ccccc3)cc2)c(F)c1. The highest BCUT2D eigenvalue weighted by atomic mass is 19.1. The predicted molar refractivity (Wildman–Crippen MR) is 98.8 cm³/mol. The van der Waals surface area contributed by atoms with Crippen molar-refractivity contribution in [1.29, 1.82) is 5.26 Å². The molecule has 2 N–H and O–H groups in total. The van der Waals surface area contributed by atoms with Crippen LogP contribution in [0.5, 0.6) is 5.75 Å². The molecule has 130 valence electrons. The number of benzene rings is 3. The molecule has 3 aromatic carbocycles. The van der Waals surface area contributed by atoms with E-state index in [1.807, 2.05) is 60.7 Å². The van der Waals surface area contributed by atoms with Crippen molar-refractivity contribution in [3.8, 4) is 11.8 Å². The van der Waals surface area contributed by atoms with E-state index >= 15 is 0 Å². The average molecular weight is 347 g/mol.